The maximum atomic E-state index is 13.5. The predicted molar refractivity (Wildman–Crippen MR) is 146 cm³/mol. The van der Waals surface area contributed by atoms with Crippen LogP contribution in [0.3, 0.4) is 0 Å². The van der Waals surface area contributed by atoms with E-state index in [4.69, 9.17) is 14.2 Å². The number of fused-ring (bicyclic) bond motifs is 1. The Morgan fingerprint density at radius 2 is 1.88 bits per heavy atom. The number of piperazine rings is 1. The lowest BCUT2D eigenvalue weighted by Crippen LogP contribution is -2.53. The van der Waals surface area contributed by atoms with Crippen LogP contribution in [0.4, 0.5) is 24.7 Å². The molecule has 2 aliphatic rings. The van der Waals surface area contributed by atoms with Gasteiger partial charge in [0.25, 0.3) is 5.91 Å². The van der Waals surface area contributed by atoms with Crippen molar-refractivity contribution in [2.24, 2.45) is 0 Å². The second-order valence-electron chi connectivity index (χ2n) is 10.1. The van der Waals surface area contributed by atoms with Gasteiger partial charge in [0, 0.05) is 26.2 Å². The minimum Gasteiger partial charge on any atom is -0.479 e. The zero-order valence-corrected chi connectivity index (χ0v) is 23.4. The number of amides is 1. The van der Waals surface area contributed by atoms with Gasteiger partial charge in [-0.1, -0.05) is 12.1 Å². The number of carbonyl (C=O) groups is 1. The standard InChI is InChI=1S/C28H33F3N6O4/c1-16-19(6-5-7-21(16)28(29,30)31)17(2)32-24-20-14-22(26(39-4)35-25(20)34-18(3)33-24)36-8-10-37(11-9-36)27(38)23-15-40-12-13-41-23/h5-7,14,17,23H,8-13,15H2,1-4H3,(H,32,33,34,35)/t17-,23+/m1/s1. The van der Waals surface area contributed by atoms with E-state index in [0.717, 1.165) is 6.07 Å². The number of carbonyl (C=O) groups excluding carboxylic acids is 1. The Hall–Kier alpha value is -3.71. The molecular formula is C28H33F3N6O4. The largest absolute Gasteiger partial charge is 0.479 e. The van der Waals surface area contributed by atoms with Gasteiger partial charge in [-0.05, 0) is 44.0 Å². The molecule has 2 atom stereocenters. The van der Waals surface area contributed by atoms with Gasteiger partial charge in [-0.25, -0.2) is 9.97 Å². The molecule has 5 rings (SSSR count). The summed E-state index contributed by atoms with van der Waals surface area (Å²) in [4.78, 5) is 30.4. The summed E-state index contributed by atoms with van der Waals surface area (Å²) in [6, 6.07) is 5.57. The van der Waals surface area contributed by atoms with Gasteiger partial charge >= 0.3 is 6.18 Å². The number of aryl methyl sites for hydroxylation is 1. The molecule has 0 unspecified atom stereocenters. The topological polar surface area (TPSA) is 102 Å². The van der Waals surface area contributed by atoms with E-state index in [2.05, 4.69) is 25.2 Å². The first-order chi connectivity index (χ1) is 19.6. The molecule has 41 heavy (non-hydrogen) atoms. The van der Waals surface area contributed by atoms with Gasteiger partial charge in [-0.15, -0.1) is 0 Å². The van der Waals surface area contributed by atoms with E-state index in [9.17, 15) is 18.0 Å². The first-order valence-electron chi connectivity index (χ1n) is 13.5. The van der Waals surface area contributed by atoms with Crippen molar-refractivity contribution in [1.82, 2.24) is 19.9 Å². The molecule has 2 aliphatic heterocycles. The van der Waals surface area contributed by atoms with Crippen LogP contribution < -0.4 is 15.0 Å². The Morgan fingerprint density at radius 3 is 2.54 bits per heavy atom. The zero-order chi connectivity index (χ0) is 29.3. The number of rotatable bonds is 6. The van der Waals surface area contributed by atoms with Crippen molar-refractivity contribution in [3.63, 3.8) is 0 Å². The highest BCUT2D eigenvalue weighted by Gasteiger charge is 2.34. The first kappa shape index (κ1) is 28.8. The third kappa shape index (κ3) is 6.01. The maximum absolute atomic E-state index is 13.5. The molecule has 220 valence electrons. The van der Waals surface area contributed by atoms with Crippen molar-refractivity contribution in [1.29, 1.82) is 0 Å². The van der Waals surface area contributed by atoms with Crippen LogP contribution in [0.1, 0.15) is 35.5 Å². The van der Waals surface area contributed by atoms with Gasteiger partial charge in [0.2, 0.25) is 5.88 Å². The third-order valence-electron chi connectivity index (χ3n) is 7.46. The van der Waals surface area contributed by atoms with Crippen molar-refractivity contribution >= 4 is 28.4 Å². The quantitative estimate of drug-likeness (QED) is 0.470. The maximum Gasteiger partial charge on any atom is 0.416 e. The fourth-order valence-corrected chi connectivity index (χ4v) is 5.34. The Morgan fingerprint density at radius 1 is 1.12 bits per heavy atom. The van der Waals surface area contributed by atoms with Gasteiger partial charge in [0.15, 0.2) is 11.8 Å². The fourth-order valence-electron chi connectivity index (χ4n) is 5.34. The number of methoxy groups -OCH3 is 1. The molecular weight excluding hydrogens is 541 g/mol. The van der Waals surface area contributed by atoms with Gasteiger partial charge in [-0.3, -0.25) is 4.79 Å². The number of pyridine rings is 1. The molecule has 2 fully saturated rings. The Bertz CT molecular complexity index is 1420. The minimum atomic E-state index is -4.45. The summed E-state index contributed by atoms with van der Waals surface area (Å²) in [6.07, 6.45) is -5.03. The van der Waals surface area contributed by atoms with E-state index in [1.54, 1.807) is 24.8 Å². The normalized spacial score (nSPS) is 18.9. The SMILES string of the molecule is COc1nc2nc(C)nc(N[C@H](C)c3cccc(C(F)(F)F)c3C)c2cc1N1CCN(C(=O)[C@@H]2COCCO2)CC1. The van der Waals surface area contributed by atoms with E-state index in [-0.39, 0.29) is 18.1 Å². The lowest BCUT2D eigenvalue weighted by molar-refractivity contribution is -0.158. The summed E-state index contributed by atoms with van der Waals surface area (Å²) in [5, 5.41) is 3.90. The lowest BCUT2D eigenvalue weighted by Gasteiger charge is -2.38. The summed E-state index contributed by atoms with van der Waals surface area (Å²) >= 11 is 0. The van der Waals surface area contributed by atoms with E-state index < -0.39 is 23.9 Å². The number of nitrogens with zero attached hydrogens (tertiary/aromatic N) is 5. The number of aromatic nitrogens is 3. The van der Waals surface area contributed by atoms with Crippen molar-refractivity contribution in [3.05, 3.63) is 46.8 Å². The van der Waals surface area contributed by atoms with Crippen LogP contribution in [0, 0.1) is 13.8 Å². The predicted octanol–water partition coefficient (Wildman–Crippen LogP) is 3.91. The smallest absolute Gasteiger partial charge is 0.416 e. The van der Waals surface area contributed by atoms with Crippen LogP contribution in [0.15, 0.2) is 24.3 Å². The van der Waals surface area contributed by atoms with Gasteiger partial charge < -0.3 is 29.3 Å². The molecule has 2 aromatic heterocycles. The van der Waals surface area contributed by atoms with Crippen LogP contribution >= 0.6 is 0 Å². The fraction of sp³-hybridized carbons (Fsp3) is 0.500. The number of anilines is 2. The van der Waals surface area contributed by atoms with Crippen LogP contribution in [0.2, 0.25) is 0 Å². The molecule has 1 N–H and O–H groups in total. The number of benzene rings is 1. The van der Waals surface area contributed by atoms with Crippen molar-refractivity contribution < 1.29 is 32.2 Å². The molecule has 10 nitrogen and oxygen atoms in total. The molecule has 2 saturated heterocycles. The molecule has 3 aromatic rings. The van der Waals surface area contributed by atoms with Crippen molar-refractivity contribution in [3.8, 4) is 5.88 Å². The van der Waals surface area contributed by atoms with Gasteiger partial charge in [0.1, 0.15) is 17.3 Å². The highest BCUT2D eigenvalue weighted by atomic mass is 19.4. The molecule has 1 amide bonds. The molecule has 13 heteroatoms. The number of nitrogens with one attached hydrogen (secondary N) is 1. The van der Waals surface area contributed by atoms with Crippen LogP contribution in [0.5, 0.6) is 5.88 Å². The average Bonchev–Trinajstić information content (AvgIpc) is 2.96. The summed E-state index contributed by atoms with van der Waals surface area (Å²) in [6.45, 7) is 8.20. The van der Waals surface area contributed by atoms with Crippen molar-refractivity contribution in [2.45, 2.75) is 39.1 Å². The Balaban J connectivity index is 1.41. The van der Waals surface area contributed by atoms with Crippen molar-refractivity contribution in [2.75, 3.05) is 63.3 Å². The van der Waals surface area contributed by atoms with E-state index in [1.807, 2.05) is 6.07 Å². The third-order valence-corrected chi connectivity index (χ3v) is 7.46. The molecule has 0 saturated carbocycles. The molecule has 0 radical (unpaired) electrons. The van der Waals surface area contributed by atoms with E-state index in [1.165, 1.54) is 20.1 Å². The number of hydrogen-bond acceptors (Lipinski definition) is 9. The van der Waals surface area contributed by atoms with E-state index in [0.29, 0.717) is 79.2 Å². The second kappa shape index (κ2) is 11.6. The average molecular weight is 575 g/mol. The highest BCUT2D eigenvalue weighted by Crippen LogP contribution is 2.37. The van der Waals surface area contributed by atoms with Crippen LogP contribution in [-0.4, -0.2) is 85.0 Å². The first-order valence-corrected chi connectivity index (χ1v) is 13.5. The molecule has 4 heterocycles. The van der Waals surface area contributed by atoms with Gasteiger partial charge in [-0.2, -0.15) is 18.2 Å². The monoisotopic (exact) mass is 574 g/mol. The van der Waals surface area contributed by atoms with Crippen LogP contribution in [0.25, 0.3) is 11.0 Å². The van der Waals surface area contributed by atoms with E-state index >= 15 is 0 Å². The summed E-state index contributed by atoms with van der Waals surface area (Å²) in [7, 11) is 1.53. The molecule has 1 aromatic carbocycles. The number of alkyl halides is 3. The molecule has 0 aliphatic carbocycles. The summed E-state index contributed by atoms with van der Waals surface area (Å²) in [5.41, 5.74) is 1.12. The lowest BCUT2D eigenvalue weighted by atomic mass is 9.97. The minimum absolute atomic E-state index is 0.0813. The van der Waals surface area contributed by atoms with Gasteiger partial charge in [0.05, 0.1) is 43.9 Å². The number of hydrogen-bond donors (Lipinski definition) is 1. The second-order valence-corrected chi connectivity index (χ2v) is 10.1. The number of ether oxygens (including phenoxy) is 3. The highest BCUT2D eigenvalue weighted by molar-refractivity contribution is 5.91. The Kier molecular flexibility index (Phi) is 8.18. The molecule has 0 bridgehead atoms. The summed E-state index contributed by atoms with van der Waals surface area (Å²) < 4.78 is 57.2. The summed E-state index contributed by atoms with van der Waals surface area (Å²) in [5.74, 6) is 1.21. The Labute approximate surface area is 235 Å². The van der Waals surface area contributed by atoms with Crippen LogP contribution in [-0.2, 0) is 20.4 Å². The molecule has 0 spiro atoms. The number of halogens is 3. The zero-order valence-electron chi connectivity index (χ0n) is 23.4.